The van der Waals surface area contributed by atoms with Crippen molar-refractivity contribution in [1.82, 2.24) is 9.55 Å². The number of aromatic nitrogens is 2. The number of carbonyl (C=O) groups is 1. The predicted octanol–water partition coefficient (Wildman–Crippen LogP) is 5.83. The number of oxime groups is 1. The highest BCUT2D eigenvalue weighted by atomic mass is 19.1. The lowest BCUT2D eigenvalue weighted by Crippen LogP contribution is -2.13. The Balaban J connectivity index is 1.55. The lowest BCUT2D eigenvalue weighted by Gasteiger charge is -2.21. The molecule has 8 nitrogen and oxygen atoms in total. The molecule has 0 fully saturated rings. The third-order valence-corrected chi connectivity index (χ3v) is 6.43. The van der Waals surface area contributed by atoms with Gasteiger partial charge in [0.25, 0.3) is 0 Å². The SMILES string of the molecule is CNc1cc2oc(/C(C)=N/OC)c(C=O)c2cc1-c1ccc2c(n1)-c1cc3c(F)cccc3n1CO2. The van der Waals surface area contributed by atoms with Gasteiger partial charge in [-0.15, -0.1) is 0 Å². The fourth-order valence-corrected chi connectivity index (χ4v) is 4.76. The fraction of sp³-hybridized carbons (Fsp3) is 0.148. The van der Waals surface area contributed by atoms with E-state index in [1.807, 2.05) is 34.9 Å². The Bertz CT molecular complexity index is 1720. The van der Waals surface area contributed by atoms with Crippen LogP contribution in [-0.2, 0) is 11.6 Å². The number of anilines is 1. The fourth-order valence-electron chi connectivity index (χ4n) is 4.76. The van der Waals surface area contributed by atoms with Gasteiger partial charge in [0.2, 0.25) is 0 Å². The van der Waals surface area contributed by atoms with E-state index < -0.39 is 0 Å². The van der Waals surface area contributed by atoms with Crippen LogP contribution in [0.2, 0.25) is 0 Å². The van der Waals surface area contributed by atoms with Gasteiger partial charge in [0.05, 0.1) is 22.5 Å². The summed E-state index contributed by atoms with van der Waals surface area (Å²) in [5.74, 6) is 0.672. The molecule has 0 radical (unpaired) electrons. The molecule has 0 saturated carbocycles. The van der Waals surface area contributed by atoms with Gasteiger partial charge in [-0.1, -0.05) is 11.2 Å². The Kier molecular flexibility index (Phi) is 4.99. The van der Waals surface area contributed by atoms with Crippen LogP contribution in [0.25, 0.3) is 44.5 Å². The van der Waals surface area contributed by atoms with E-state index in [0.717, 1.165) is 28.7 Å². The van der Waals surface area contributed by atoms with Crippen molar-refractivity contribution < 1.29 is 23.2 Å². The van der Waals surface area contributed by atoms with Crippen LogP contribution in [-0.4, -0.2) is 35.7 Å². The third-order valence-electron chi connectivity index (χ3n) is 6.43. The van der Waals surface area contributed by atoms with E-state index in [2.05, 4.69) is 10.5 Å². The van der Waals surface area contributed by atoms with Crippen LogP contribution < -0.4 is 10.1 Å². The number of benzene rings is 2. The molecule has 36 heavy (non-hydrogen) atoms. The molecule has 3 aromatic heterocycles. The monoisotopic (exact) mass is 484 g/mol. The second-order valence-corrected chi connectivity index (χ2v) is 8.41. The number of ether oxygens (including phenoxy) is 1. The summed E-state index contributed by atoms with van der Waals surface area (Å²) in [4.78, 5) is 21.8. The maximum atomic E-state index is 14.5. The van der Waals surface area contributed by atoms with Crippen molar-refractivity contribution in [3.05, 3.63) is 65.7 Å². The van der Waals surface area contributed by atoms with E-state index in [0.29, 0.717) is 50.5 Å². The van der Waals surface area contributed by atoms with Crippen LogP contribution in [0.5, 0.6) is 5.75 Å². The lowest BCUT2D eigenvalue weighted by molar-refractivity contribution is 0.112. The maximum absolute atomic E-state index is 14.5. The van der Waals surface area contributed by atoms with E-state index in [1.165, 1.54) is 13.2 Å². The molecule has 180 valence electrons. The molecular weight excluding hydrogens is 463 g/mol. The van der Waals surface area contributed by atoms with Gasteiger partial charge < -0.3 is 23.9 Å². The Morgan fingerprint density at radius 3 is 2.86 bits per heavy atom. The number of nitrogens with zero attached hydrogens (tertiary/aromatic N) is 3. The molecule has 2 aromatic carbocycles. The summed E-state index contributed by atoms with van der Waals surface area (Å²) in [6.45, 7) is 1.98. The van der Waals surface area contributed by atoms with E-state index in [4.69, 9.17) is 19.0 Å². The molecule has 5 aromatic rings. The van der Waals surface area contributed by atoms with Gasteiger partial charge in [-0.3, -0.25) is 4.79 Å². The first kappa shape index (κ1) is 21.8. The van der Waals surface area contributed by atoms with Crippen molar-refractivity contribution in [3.63, 3.8) is 0 Å². The van der Waals surface area contributed by atoms with Crippen LogP contribution in [0, 0.1) is 5.82 Å². The summed E-state index contributed by atoms with van der Waals surface area (Å²) in [6, 6.07) is 14.2. The molecule has 9 heteroatoms. The number of halogens is 1. The minimum absolute atomic E-state index is 0.271. The van der Waals surface area contributed by atoms with E-state index >= 15 is 0 Å². The minimum Gasteiger partial charge on any atom is -0.470 e. The van der Waals surface area contributed by atoms with Crippen molar-refractivity contribution >= 4 is 39.6 Å². The third kappa shape index (κ3) is 3.16. The number of hydrogen-bond acceptors (Lipinski definition) is 7. The van der Waals surface area contributed by atoms with Crippen molar-refractivity contribution in [2.45, 2.75) is 13.7 Å². The smallest absolute Gasteiger partial charge is 0.165 e. The van der Waals surface area contributed by atoms with Crippen molar-refractivity contribution in [2.75, 3.05) is 19.5 Å². The standard InChI is InChI=1S/C27H21FN4O4/c1-14(31-34-3)27-18(12-33)15-9-17(21(29-2)11-25(15)36-27)20-7-8-24-26(30-20)23-10-16-19(28)5-4-6-22(16)32(23)13-35-24/h4-12,29H,13H2,1-3H3/b31-14+. The summed E-state index contributed by atoms with van der Waals surface area (Å²) >= 11 is 0. The van der Waals surface area contributed by atoms with Gasteiger partial charge in [0, 0.05) is 35.1 Å². The van der Waals surface area contributed by atoms with Crippen LogP contribution in [0.15, 0.2) is 58.1 Å². The van der Waals surface area contributed by atoms with Crippen molar-refractivity contribution in [3.8, 4) is 28.4 Å². The second-order valence-electron chi connectivity index (χ2n) is 8.41. The summed E-state index contributed by atoms with van der Waals surface area (Å²) in [6.07, 6.45) is 0.750. The molecule has 4 heterocycles. The van der Waals surface area contributed by atoms with Crippen LogP contribution >= 0.6 is 0 Å². The van der Waals surface area contributed by atoms with Crippen LogP contribution in [0.3, 0.4) is 0 Å². The average molecular weight is 484 g/mol. The zero-order chi connectivity index (χ0) is 25.0. The number of carbonyl (C=O) groups excluding carboxylic acids is 1. The largest absolute Gasteiger partial charge is 0.470 e. The highest BCUT2D eigenvalue weighted by Crippen LogP contribution is 2.41. The van der Waals surface area contributed by atoms with Crippen molar-refractivity contribution in [1.29, 1.82) is 0 Å². The topological polar surface area (TPSA) is 90.9 Å². The minimum atomic E-state index is -0.292. The highest BCUT2D eigenvalue weighted by Gasteiger charge is 2.24. The molecule has 0 saturated heterocycles. The van der Waals surface area contributed by atoms with E-state index in [9.17, 15) is 9.18 Å². The molecule has 1 aliphatic rings. The molecule has 0 unspecified atom stereocenters. The Morgan fingerprint density at radius 2 is 2.08 bits per heavy atom. The zero-order valence-corrected chi connectivity index (χ0v) is 19.8. The predicted molar refractivity (Wildman–Crippen MR) is 135 cm³/mol. The zero-order valence-electron chi connectivity index (χ0n) is 19.8. The average Bonchev–Trinajstić information content (AvgIpc) is 3.46. The van der Waals surface area contributed by atoms with Gasteiger partial charge >= 0.3 is 0 Å². The Hall–Kier alpha value is -4.66. The lowest BCUT2D eigenvalue weighted by atomic mass is 10.0. The Morgan fingerprint density at radius 1 is 1.22 bits per heavy atom. The van der Waals surface area contributed by atoms with Crippen molar-refractivity contribution in [2.24, 2.45) is 5.16 Å². The number of fused-ring (bicyclic) bond motifs is 6. The van der Waals surface area contributed by atoms with Gasteiger partial charge in [0.15, 0.2) is 18.8 Å². The number of aldehydes is 1. The first-order chi connectivity index (χ1) is 17.5. The number of furan rings is 1. The van der Waals surface area contributed by atoms with Gasteiger partial charge in [-0.05, 0) is 43.3 Å². The molecule has 6 rings (SSSR count). The van der Waals surface area contributed by atoms with E-state index in [-0.39, 0.29) is 12.5 Å². The number of hydrogen-bond donors (Lipinski definition) is 1. The molecule has 0 amide bonds. The molecule has 0 bridgehead atoms. The van der Waals surface area contributed by atoms with Crippen LogP contribution in [0.4, 0.5) is 10.1 Å². The summed E-state index contributed by atoms with van der Waals surface area (Å²) in [7, 11) is 3.23. The maximum Gasteiger partial charge on any atom is 0.165 e. The van der Waals surface area contributed by atoms with Crippen LogP contribution in [0.1, 0.15) is 23.0 Å². The quantitative estimate of drug-likeness (QED) is 0.192. The molecule has 0 spiro atoms. The summed E-state index contributed by atoms with van der Waals surface area (Å²) in [5, 5.41) is 8.24. The Labute approximate surface area is 204 Å². The second kappa shape index (κ2) is 8.23. The molecular formula is C27H21FN4O4. The first-order valence-corrected chi connectivity index (χ1v) is 11.3. The van der Waals surface area contributed by atoms with Gasteiger partial charge in [-0.2, -0.15) is 0 Å². The van der Waals surface area contributed by atoms with E-state index in [1.54, 1.807) is 26.1 Å². The first-order valence-electron chi connectivity index (χ1n) is 11.3. The van der Waals surface area contributed by atoms with Gasteiger partial charge in [-0.25, -0.2) is 9.37 Å². The summed E-state index contributed by atoms with van der Waals surface area (Å²) < 4.78 is 28.3. The molecule has 0 aliphatic carbocycles. The summed E-state index contributed by atoms with van der Waals surface area (Å²) in [5.41, 5.74) is 5.68. The molecule has 1 N–H and O–H groups in total. The number of nitrogens with one attached hydrogen (secondary N) is 1. The molecule has 1 aliphatic heterocycles. The highest BCUT2D eigenvalue weighted by molar-refractivity contribution is 6.11. The van der Waals surface area contributed by atoms with Gasteiger partial charge in [0.1, 0.15) is 35.7 Å². The number of rotatable bonds is 5. The normalized spacial score (nSPS) is 12.8. The molecule has 0 atom stereocenters. The number of pyridine rings is 1.